The predicted octanol–water partition coefficient (Wildman–Crippen LogP) is 2.29. The third-order valence-electron chi connectivity index (χ3n) is 2.87. The summed E-state index contributed by atoms with van der Waals surface area (Å²) in [6.07, 6.45) is 2.50. The fourth-order valence-corrected chi connectivity index (χ4v) is 1.93. The van der Waals surface area contributed by atoms with Crippen molar-refractivity contribution in [2.75, 3.05) is 0 Å². The van der Waals surface area contributed by atoms with Crippen LogP contribution in [0.15, 0.2) is 30.6 Å². The lowest BCUT2D eigenvalue weighted by Crippen LogP contribution is -2.24. The normalized spacial score (nSPS) is 10.5. The van der Waals surface area contributed by atoms with Gasteiger partial charge < -0.3 is 5.32 Å². The lowest BCUT2D eigenvalue weighted by atomic mass is 10.2. The summed E-state index contributed by atoms with van der Waals surface area (Å²) in [7, 11) is 0. The molecule has 0 fully saturated rings. The molecule has 1 amide bonds. The average molecular weight is 327 g/mol. The largest absolute Gasteiger partial charge is 0.352 e. The van der Waals surface area contributed by atoms with Crippen molar-refractivity contribution in [3.05, 3.63) is 57.1 Å². The van der Waals surface area contributed by atoms with E-state index in [1.165, 1.54) is 29.1 Å². The number of rotatable bonds is 6. The van der Waals surface area contributed by atoms with Gasteiger partial charge in [0.05, 0.1) is 9.95 Å². The highest BCUT2D eigenvalue weighted by atomic mass is 35.5. The molecule has 0 radical (unpaired) electrons. The molecule has 0 spiro atoms. The Morgan fingerprint density at radius 3 is 2.91 bits per heavy atom. The van der Waals surface area contributed by atoms with Gasteiger partial charge in [0.1, 0.15) is 18.2 Å². The summed E-state index contributed by atoms with van der Waals surface area (Å²) in [5, 5.41) is 16.9. The quantitative estimate of drug-likeness (QED) is 0.651. The standard InChI is InChI=1S/C13H12ClFN4O3/c14-11-5-9(1-2-12(11)15)6-16-13(20)3-4-18-8-10(7-17-18)19(21)22/h1-2,5,7-8H,3-4,6H2,(H,16,20). The SMILES string of the molecule is O=C(CCn1cc([N+](=O)[O-])cn1)NCc1ccc(F)c(Cl)c1. The van der Waals surface area contributed by atoms with Crippen LogP contribution in [0.4, 0.5) is 10.1 Å². The molecule has 0 atom stereocenters. The van der Waals surface area contributed by atoms with Crippen LogP contribution < -0.4 is 5.32 Å². The van der Waals surface area contributed by atoms with Crippen LogP contribution in [0, 0.1) is 15.9 Å². The number of nitro groups is 1. The van der Waals surface area contributed by atoms with Gasteiger partial charge in [-0.2, -0.15) is 5.10 Å². The van der Waals surface area contributed by atoms with Crippen LogP contribution in [-0.2, 0) is 17.9 Å². The highest BCUT2D eigenvalue weighted by molar-refractivity contribution is 6.30. The first-order valence-electron chi connectivity index (χ1n) is 6.33. The fraction of sp³-hybridized carbons (Fsp3) is 0.231. The first-order valence-corrected chi connectivity index (χ1v) is 6.71. The number of benzene rings is 1. The lowest BCUT2D eigenvalue weighted by Gasteiger charge is -2.06. The second-order valence-corrected chi connectivity index (χ2v) is 4.90. The van der Waals surface area contributed by atoms with Crippen LogP contribution in [-0.4, -0.2) is 20.6 Å². The van der Waals surface area contributed by atoms with Crippen molar-refractivity contribution in [3.8, 4) is 0 Å². The minimum Gasteiger partial charge on any atom is -0.352 e. The van der Waals surface area contributed by atoms with Gasteiger partial charge in [0.25, 0.3) is 0 Å². The summed E-state index contributed by atoms with van der Waals surface area (Å²) in [5.74, 6) is -0.768. The van der Waals surface area contributed by atoms with Crippen molar-refractivity contribution in [3.63, 3.8) is 0 Å². The molecule has 116 valence electrons. The second kappa shape index (κ2) is 6.99. The zero-order valence-electron chi connectivity index (χ0n) is 11.3. The van der Waals surface area contributed by atoms with Gasteiger partial charge >= 0.3 is 5.69 Å². The summed E-state index contributed by atoms with van der Waals surface area (Å²) in [6.45, 7) is 0.446. The number of aromatic nitrogens is 2. The average Bonchev–Trinajstić information content (AvgIpc) is 2.95. The van der Waals surface area contributed by atoms with E-state index in [-0.39, 0.29) is 36.1 Å². The van der Waals surface area contributed by atoms with E-state index in [1.807, 2.05) is 0 Å². The van der Waals surface area contributed by atoms with Crippen molar-refractivity contribution < 1.29 is 14.1 Å². The van der Waals surface area contributed by atoms with Crippen molar-refractivity contribution in [1.82, 2.24) is 15.1 Å². The van der Waals surface area contributed by atoms with Crippen LogP contribution in [0.5, 0.6) is 0 Å². The number of nitrogens with one attached hydrogen (secondary N) is 1. The second-order valence-electron chi connectivity index (χ2n) is 4.49. The van der Waals surface area contributed by atoms with E-state index < -0.39 is 10.7 Å². The molecule has 0 aliphatic rings. The van der Waals surface area contributed by atoms with E-state index in [1.54, 1.807) is 0 Å². The van der Waals surface area contributed by atoms with Gasteiger partial charge in [0.15, 0.2) is 0 Å². The molecule has 0 aliphatic carbocycles. The van der Waals surface area contributed by atoms with E-state index in [4.69, 9.17) is 11.6 Å². The van der Waals surface area contributed by atoms with Crippen molar-refractivity contribution in [2.45, 2.75) is 19.5 Å². The molecule has 0 unspecified atom stereocenters. The molecule has 1 N–H and O–H groups in total. The Kier molecular flexibility index (Phi) is 5.05. The molecule has 22 heavy (non-hydrogen) atoms. The first-order chi connectivity index (χ1) is 10.5. The Balaban J connectivity index is 1.80. The zero-order chi connectivity index (χ0) is 16.1. The van der Waals surface area contributed by atoms with Crippen LogP contribution in [0.2, 0.25) is 5.02 Å². The summed E-state index contributed by atoms with van der Waals surface area (Å²) < 4.78 is 14.3. The van der Waals surface area contributed by atoms with Crippen molar-refractivity contribution in [1.29, 1.82) is 0 Å². The minimum atomic E-state index is -0.554. The Bertz CT molecular complexity index is 704. The van der Waals surface area contributed by atoms with Gasteiger partial charge in [-0.05, 0) is 17.7 Å². The molecule has 2 rings (SSSR count). The molecule has 7 nitrogen and oxygen atoms in total. The molecule has 1 aromatic carbocycles. The Hall–Kier alpha value is -2.48. The van der Waals surface area contributed by atoms with E-state index in [0.29, 0.717) is 5.56 Å². The van der Waals surface area contributed by atoms with E-state index in [2.05, 4.69) is 10.4 Å². The molecule has 0 saturated carbocycles. The number of nitrogens with zero attached hydrogens (tertiary/aromatic N) is 3. The van der Waals surface area contributed by atoms with Gasteiger partial charge in [-0.1, -0.05) is 17.7 Å². The zero-order valence-corrected chi connectivity index (χ0v) is 12.1. The van der Waals surface area contributed by atoms with Gasteiger partial charge in [0.2, 0.25) is 5.91 Å². The maximum atomic E-state index is 13.0. The number of aryl methyl sites for hydroxylation is 1. The predicted molar refractivity (Wildman–Crippen MR) is 76.8 cm³/mol. The number of amides is 1. The Morgan fingerprint density at radius 2 is 2.27 bits per heavy atom. The Labute approximate surface area is 129 Å². The third kappa shape index (κ3) is 4.26. The minimum absolute atomic E-state index is 0.00407. The van der Waals surface area contributed by atoms with Crippen molar-refractivity contribution >= 4 is 23.2 Å². The third-order valence-corrected chi connectivity index (χ3v) is 3.16. The first kappa shape index (κ1) is 15.9. The van der Waals surface area contributed by atoms with Gasteiger partial charge in [-0.25, -0.2) is 4.39 Å². The molecule has 9 heteroatoms. The van der Waals surface area contributed by atoms with E-state index in [9.17, 15) is 19.3 Å². The summed E-state index contributed by atoms with van der Waals surface area (Å²) in [6, 6.07) is 4.19. The van der Waals surface area contributed by atoms with Crippen LogP contribution in [0.1, 0.15) is 12.0 Å². The molecule has 0 bridgehead atoms. The van der Waals surface area contributed by atoms with E-state index in [0.717, 1.165) is 6.20 Å². The molecule has 2 aromatic rings. The molecule has 1 aromatic heterocycles. The van der Waals surface area contributed by atoms with Gasteiger partial charge in [-0.15, -0.1) is 0 Å². The van der Waals surface area contributed by atoms with E-state index >= 15 is 0 Å². The topological polar surface area (TPSA) is 90.1 Å². The van der Waals surface area contributed by atoms with Crippen molar-refractivity contribution in [2.24, 2.45) is 0 Å². The number of halogens is 2. The van der Waals surface area contributed by atoms with Crippen LogP contribution >= 0.6 is 11.6 Å². The van der Waals surface area contributed by atoms with Crippen LogP contribution in [0.3, 0.4) is 0 Å². The number of hydrogen-bond acceptors (Lipinski definition) is 4. The molecular weight excluding hydrogens is 315 g/mol. The lowest BCUT2D eigenvalue weighted by molar-refractivity contribution is -0.385. The Morgan fingerprint density at radius 1 is 1.50 bits per heavy atom. The highest BCUT2D eigenvalue weighted by Gasteiger charge is 2.10. The fourth-order valence-electron chi connectivity index (χ4n) is 1.72. The molecule has 1 heterocycles. The summed E-state index contributed by atoms with van der Waals surface area (Å²) in [5.41, 5.74) is 0.552. The maximum Gasteiger partial charge on any atom is 0.306 e. The molecule has 0 saturated heterocycles. The monoisotopic (exact) mass is 326 g/mol. The summed E-state index contributed by atoms with van der Waals surface area (Å²) in [4.78, 5) is 21.6. The number of carbonyl (C=O) groups excluding carboxylic acids is 1. The molecular formula is C13H12ClFN4O3. The smallest absolute Gasteiger partial charge is 0.306 e. The highest BCUT2D eigenvalue weighted by Crippen LogP contribution is 2.15. The van der Waals surface area contributed by atoms with Gasteiger partial charge in [-0.3, -0.25) is 19.6 Å². The number of carbonyl (C=O) groups is 1. The number of hydrogen-bond donors (Lipinski definition) is 1. The summed E-state index contributed by atoms with van der Waals surface area (Å²) >= 11 is 5.64. The molecule has 0 aliphatic heterocycles. The maximum absolute atomic E-state index is 13.0. The van der Waals surface area contributed by atoms with Crippen LogP contribution in [0.25, 0.3) is 0 Å². The van der Waals surface area contributed by atoms with Gasteiger partial charge in [0, 0.05) is 19.5 Å².